The second-order valence-electron chi connectivity index (χ2n) is 11.5. The summed E-state index contributed by atoms with van der Waals surface area (Å²) in [6.07, 6.45) is -0.487. The summed E-state index contributed by atoms with van der Waals surface area (Å²) in [5, 5.41) is 14.6. The lowest BCUT2D eigenvalue weighted by molar-refractivity contribution is -0.133. The largest absolute Gasteiger partial charge is 0.444 e. The molecule has 0 spiro atoms. The van der Waals surface area contributed by atoms with Gasteiger partial charge >= 0.3 is 11.8 Å². The molecule has 218 valence electrons. The van der Waals surface area contributed by atoms with E-state index in [1.165, 1.54) is 9.47 Å². The molecule has 1 unspecified atom stereocenters. The van der Waals surface area contributed by atoms with Crippen LogP contribution in [0.3, 0.4) is 0 Å². The average molecular weight is 571 g/mol. The topological polar surface area (TPSA) is 127 Å². The van der Waals surface area contributed by atoms with Gasteiger partial charge in [0.25, 0.3) is 5.91 Å². The number of aryl methyl sites for hydroxylation is 1. The van der Waals surface area contributed by atoms with Crippen molar-refractivity contribution in [1.29, 1.82) is 5.26 Å². The molecule has 0 aliphatic carbocycles. The average Bonchev–Trinajstić information content (AvgIpc) is 3.10. The Balaban J connectivity index is 1.26. The third-order valence-electron chi connectivity index (χ3n) is 7.16. The molecule has 0 bridgehead atoms. The monoisotopic (exact) mass is 570 g/mol. The first kappa shape index (κ1) is 28.9. The Hall–Kier alpha value is -4.62. The van der Waals surface area contributed by atoms with E-state index in [0.29, 0.717) is 31.6 Å². The van der Waals surface area contributed by atoms with E-state index < -0.39 is 35.5 Å². The molecule has 5 rings (SSSR count). The lowest BCUT2D eigenvalue weighted by Crippen LogP contribution is -2.48. The smallest absolute Gasteiger partial charge is 0.419 e. The summed E-state index contributed by atoms with van der Waals surface area (Å²) in [5.41, 5.74) is 3.48. The molecule has 1 saturated heterocycles. The van der Waals surface area contributed by atoms with Crippen LogP contribution in [0.25, 0.3) is 33.0 Å². The number of nitriles is 1. The molecule has 1 aliphatic heterocycles. The normalized spacial score (nSPS) is 16.5. The number of aromatic nitrogens is 1. The van der Waals surface area contributed by atoms with Gasteiger partial charge in [-0.3, -0.25) is 9.36 Å². The summed E-state index contributed by atoms with van der Waals surface area (Å²) in [7, 11) is 1.68. The van der Waals surface area contributed by atoms with Gasteiger partial charge in [0.1, 0.15) is 11.6 Å². The van der Waals surface area contributed by atoms with Gasteiger partial charge in [-0.2, -0.15) is 5.26 Å². The summed E-state index contributed by atoms with van der Waals surface area (Å²) in [5.74, 6) is -0.834. The molecule has 2 heterocycles. The number of oxazole rings is 1. The Morgan fingerprint density at radius 2 is 1.81 bits per heavy atom. The maximum atomic E-state index is 13.1. The van der Waals surface area contributed by atoms with Gasteiger partial charge in [-0.05, 0) is 72.9 Å². The molecule has 1 N–H and O–H groups in total. The highest BCUT2D eigenvalue weighted by molar-refractivity contribution is 5.89. The molecular formula is C32H34N4O6. The summed E-state index contributed by atoms with van der Waals surface area (Å²) >= 11 is 0. The molecular weight excluding hydrogens is 536 g/mol. The highest BCUT2D eigenvalue weighted by Crippen LogP contribution is 2.28. The minimum absolute atomic E-state index is 0.0566. The Morgan fingerprint density at radius 1 is 1.10 bits per heavy atom. The highest BCUT2D eigenvalue weighted by atomic mass is 16.6. The van der Waals surface area contributed by atoms with Gasteiger partial charge in [0.2, 0.25) is 0 Å². The molecule has 10 nitrogen and oxygen atoms in total. The van der Waals surface area contributed by atoms with Gasteiger partial charge in [-0.25, -0.2) is 9.59 Å². The fraction of sp³-hybridized carbons (Fsp3) is 0.375. The van der Waals surface area contributed by atoms with Crippen molar-refractivity contribution in [2.45, 2.75) is 51.4 Å². The van der Waals surface area contributed by atoms with Crippen LogP contribution in [0.15, 0.2) is 63.8 Å². The van der Waals surface area contributed by atoms with Crippen LogP contribution in [0.1, 0.15) is 32.8 Å². The number of fused-ring (bicyclic) bond motifs is 2. The van der Waals surface area contributed by atoms with E-state index in [4.69, 9.17) is 13.9 Å². The number of ether oxygens (including phenoxy) is 2. The number of benzene rings is 3. The van der Waals surface area contributed by atoms with Gasteiger partial charge in [0.05, 0.1) is 18.1 Å². The highest BCUT2D eigenvalue weighted by Gasteiger charge is 2.31. The number of hydrogen-bond donors (Lipinski definition) is 1. The van der Waals surface area contributed by atoms with Gasteiger partial charge < -0.3 is 24.1 Å². The van der Waals surface area contributed by atoms with Crippen LogP contribution in [0.5, 0.6) is 0 Å². The van der Waals surface area contributed by atoms with E-state index >= 15 is 0 Å². The molecule has 2 atom stereocenters. The number of carbonyl (C=O) groups is 2. The summed E-state index contributed by atoms with van der Waals surface area (Å²) in [6.45, 7) is 6.19. The first-order chi connectivity index (χ1) is 20.0. The number of nitrogens with zero attached hydrogens (tertiary/aromatic N) is 3. The fourth-order valence-electron chi connectivity index (χ4n) is 5.01. The van der Waals surface area contributed by atoms with Crippen LogP contribution in [-0.4, -0.2) is 58.9 Å². The van der Waals surface area contributed by atoms with Crippen molar-refractivity contribution in [3.8, 4) is 17.2 Å². The predicted octanol–water partition coefficient (Wildman–Crippen LogP) is 4.53. The molecule has 42 heavy (non-hydrogen) atoms. The SMILES string of the molecule is Cn1c(=O)oc2ccc(-c3ccc4cc(CC(C#N)NC(=O)[C@@H]5CN(C(=O)OC(C)(C)C)CCCO5)ccc4c3)cc21. The van der Waals surface area contributed by atoms with E-state index in [1.54, 1.807) is 33.9 Å². The summed E-state index contributed by atoms with van der Waals surface area (Å²) in [4.78, 5) is 39.0. The van der Waals surface area contributed by atoms with Crippen molar-refractivity contribution in [3.05, 3.63) is 70.7 Å². The zero-order chi connectivity index (χ0) is 30.0. The molecule has 0 saturated carbocycles. The number of rotatable bonds is 5. The summed E-state index contributed by atoms with van der Waals surface area (Å²) < 4.78 is 17.9. The molecule has 3 aromatic carbocycles. The number of nitrogens with one attached hydrogen (secondary N) is 1. The third kappa shape index (κ3) is 6.47. The van der Waals surface area contributed by atoms with Gasteiger partial charge in [-0.1, -0.05) is 36.4 Å². The fourth-order valence-corrected chi connectivity index (χ4v) is 5.01. The third-order valence-corrected chi connectivity index (χ3v) is 7.16. The predicted molar refractivity (Wildman–Crippen MR) is 158 cm³/mol. The minimum atomic E-state index is -0.894. The number of amides is 2. The first-order valence-electron chi connectivity index (χ1n) is 13.9. The molecule has 1 aromatic heterocycles. The number of carbonyl (C=O) groups excluding carboxylic acids is 2. The Kier molecular flexibility index (Phi) is 8.05. The lowest BCUT2D eigenvalue weighted by atomic mass is 9.98. The van der Waals surface area contributed by atoms with Crippen LogP contribution >= 0.6 is 0 Å². The van der Waals surface area contributed by atoms with Gasteiger partial charge in [0.15, 0.2) is 11.7 Å². The molecule has 1 fully saturated rings. The Morgan fingerprint density at radius 3 is 2.57 bits per heavy atom. The van der Waals surface area contributed by atoms with E-state index in [2.05, 4.69) is 17.5 Å². The van der Waals surface area contributed by atoms with E-state index in [1.807, 2.05) is 42.5 Å². The van der Waals surface area contributed by atoms with E-state index in [-0.39, 0.29) is 6.54 Å². The maximum Gasteiger partial charge on any atom is 0.419 e. The van der Waals surface area contributed by atoms with E-state index in [9.17, 15) is 19.6 Å². The van der Waals surface area contributed by atoms with Crippen molar-refractivity contribution in [1.82, 2.24) is 14.8 Å². The van der Waals surface area contributed by atoms with Crippen LogP contribution < -0.4 is 11.1 Å². The van der Waals surface area contributed by atoms with Crippen molar-refractivity contribution in [3.63, 3.8) is 0 Å². The van der Waals surface area contributed by atoms with Crippen molar-refractivity contribution in [2.75, 3.05) is 19.7 Å². The van der Waals surface area contributed by atoms with E-state index in [0.717, 1.165) is 33.0 Å². The second-order valence-corrected chi connectivity index (χ2v) is 11.5. The molecule has 4 aromatic rings. The van der Waals surface area contributed by atoms with Crippen molar-refractivity contribution in [2.24, 2.45) is 7.05 Å². The van der Waals surface area contributed by atoms with Crippen LogP contribution in [0.2, 0.25) is 0 Å². The molecule has 10 heteroatoms. The Bertz CT molecular complexity index is 1740. The van der Waals surface area contributed by atoms with Crippen LogP contribution in [0, 0.1) is 11.3 Å². The lowest BCUT2D eigenvalue weighted by Gasteiger charge is -2.27. The van der Waals surface area contributed by atoms with Gasteiger partial charge in [-0.15, -0.1) is 0 Å². The van der Waals surface area contributed by atoms with Crippen LogP contribution in [0.4, 0.5) is 4.79 Å². The summed E-state index contributed by atoms with van der Waals surface area (Å²) in [6, 6.07) is 19.1. The quantitative estimate of drug-likeness (QED) is 0.374. The van der Waals surface area contributed by atoms with Crippen LogP contribution in [-0.2, 0) is 27.7 Å². The number of hydrogen-bond acceptors (Lipinski definition) is 7. The van der Waals surface area contributed by atoms with Crippen molar-refractivity contribution >= 4 is 33.9 Å². The zero-order valence-corrected chi connectivity index (χ0v) is 24.2. The molecule has 1 aliphatic rings. The second kappa shape index (κ2) is 11.7. The molecule has 0 radical (unpaired) electrons. The van der Waals surface area contributed by atoms with Crippen molar-refractivity contribution < 1.29 is 23.5 Å². The Labute approximate surface area is 243 Å². The standard InChI is InChI=1S/C32H34N4O6/c1-32(2,3)42-31(39)36-12-5-13-40-28(19-36)29(37)34-25(18-33)15-20-6-7-22-16-23(9-8-21(22)14-20)24-10-11-27-26(17-24)35(4)30(38)41-27/h6-11,14,16-17,25,28H,5,12-13,15,19H2,1-4H3,(H,34,37)/t25?,28-/m0/s1. The molecule has 2 amide bonds. The van der Waals surface area contributed by atoms with Gasteiger partial charge in [0, 0.05) is 26.6 Å². The maximum absolute atomic E-state index is 13.1. The zero-order valence-electron chi connectivity index (χ0n) is 24.2. The minimum Gasteiger partial charge on any atom is -0.444 e. The first-order valence-corrected chi connectivity index (χ1v) is 13.9.